The van der Waals surface area contributed by atoms with Crippen LogP contribution in [-0.4, -0.2) is 15.2 Å². The molecule has 2 aromatic heterocycles. The van der Waals surface area contributed by atoms with Gasteiger partial charge in [-0.25, -0.2) is 0 Å². The molecular weight excluding hydrogens is 625 g/mol. The Morgan fingerprint density at radius 2 is 1.43 bits per heavy atom. The van der Waals surface area contributed by atoms with E-state index in [-0.39, 0.29) is 12.0 Å². The van der Waals surface area contributed by atoms with E-state index in [1.54, 1.807) is 0 Å². The van der Waals surface area contributed by atoms with E-state index in [1.165, 1.54) is 16.8 Å². The molecule has 0 amide bonds. The van der Waals surface area contributed by atoms with E-state index >= 15 is 0 Å². The van der Waals surface area contributed by atoms with Crippen molar-refractivity contribution in [2.75, 3.05) is 0 Å². The van der Waals surface area contributed by atoms with Crippen molar-refractivity contribution in [3.8, 4) is 40.4 Å². The lowest BCUT2D eigenvalue weighted by Crippen LogP contribution is -2.22. The van der Waals surface area contributed by atoms with Gasteiger partial charge in [-0.2, -0.15) is 10.5 Å². The van der Waals surface area contributed by atoms with E-state index in [9.17, 15) is 10.5 Å². The van der Waals surface area contributed by atoms with Gasteiger partial charge in [-0.05, 0) is 96.5 Å². The van der Waals surface area contributed by atoms with Crippen LogP contribution in [0.3, 0.4) is 0 Å². The van der Waals surface area contributed by atoms with Gasteiger partial charge < -0.3 is 13.9 Å². The molecule has 51 heavy (non-hydrogen) atoms. The molecule has 0 saturated heterocycles. The molecule has 0 radical (unpaired) electrons. The molecule has 4 atom stereocenters. The largest absolute Gasteiger partial charge is 0.483 e. The fourth-order valence-electron chi connectivity index (χ4n) is 8.86. The maximum atomic E-state index is 10.1. The Morgan fingerprint density at radius 1 is 0.686 bits per heavy atom. The predicted octanol–water partition coefficient (Wildman–Crippen LogP) is 10.5. The number of benzene rings is 5. The monoisotopic (exact) mass is 658 g/mol. The number of aromatic nitrogens is 2. The second-order valence-corrected chi connectivity index (χ2v) is 14.5. The van der Waals surface area contributed by atoms with Crippen LogP contribution in [-0.2, 0) is 12.8 Å². The maximum Gasteiger partial charge on any atom is 0.148 e. The summed E-state index contributed by atoms with van der Waals surface area (Å²) in [6, 6.07) is 38.7. The highest BCUT2D eigenvalue weighted by atomic mass is 16.5. The molecule has 244 valence electrons. The van der Waals surface area contributed by atoms with E-state index in [0.29, 0.717) is 23.0 Å². The van der Waals surface area contributed by atoms with E-state index in [4.69, 9.17) is 4.74 Å². The molecule has 2 aliphatic carbocycles. The summed E-state index contributed by atoms with van der Waals surface area (Å²) in [5, 5.41) is 23.4. The van der Waals surface area contributed by atoms with Crippen LogP contribution in [0.4, 0.5) is 0 Å². The Morgan fingerprint density at radius 3 is 2.27 bits per heavy atom. The van der Waals surface area contributed by atoms with Crippen molar-refractivity contribution < 1.29 is 4.74 Å². The molecule has 4 unspecified atom stereocenters. The van der Waals surface area contributed by atoms with Crippen LogP contribution in [0.15, 0.2) is 121 Å². The number of hydrogen-bond acceptors (Lipinski definition) is 3. The van der Waals surface area contributed by atoms with Crippen LogP contribution in [0, 0.1) is 34.5 Å². The molecule has 5 heteroatoms. The first kappa shape index (κ1) is 29.6. The summed E-state index contributed by atoms with van der Waals surface area (Å²) in [5.74, 6) is 2.20. The molecule has 3 aliphatic rings. The summed E-state index contributed by atoms with van der Waals surface area (Å²) in [6.45, 7) is 4.66. The number of nitriles is 2. The van der Waals surface area contributed by atoms with Crippen LogP contribution < -0.4 is 4.74 Å². The molecule has 0 bridgehead atoms. The highest BCUT2D eigenvalue weighted by Crippen LogP contribution is 2.49. The summed E-state index contributed by atoms with van der Waals surface area (Å²) in [4.78, 5) is 0. The first-order valence-electron chi connectivity index (χ1n) is 17.8. The average molecular weight is 659 g/mol. The Kier molecular flexibility index (Phi) is 6.45. The Balaban J connectivity index is 1.24. The zero-order valence-electron chi connectivity index (χ0n) is 28.5. The van der Waals surface area contributed by atoms with E-state index in [0.717, 1.165) is 73.8 Å². The van der Waals surface area contributed by atoms with Crippen LogP contribution in [0.2, 0.25) is 0 Å². The van der Waals surface area contributed by atoms with Crippen LogP contribution in [0.1, 0.15) is 47.7 Å². The van der Waals surface area contributed by atoms with Gasteiger partial charge in [0.25, 0.3) is 0 Å². The molecule has 0 saturated carbocycles. The third-order valence-electron chi connectivity index (χ3n) is 11.6. The number of hydrogen-bond donors (Lipinski definition) is 0. The second kappa shape index (κ2) is 11.1. The van der Waals surface area contributed by atoms with Gasteiger partial charge in [0, 0.05) is 44.6 Å². The number of allylic oxidation sites excluding steroid dienone is 2. The minimum absolute atomic E-state index is 0.00753. The van der Waals surface area contributed by atoms with Gasteiger partial charge in [0.1, 0.15) is 11.9 Å². The molecule has 10 rings (SSSR count). The molecule has 0 fully saturated rings. The van der Waals surface area contributed by atoms with Crippen molar-refractivity contribution in [3.63, 3.8) is 0 Å². The lowest BCUT2D eigenvalue weighted by atomic mass is 9.80. The van der Waals surface area contributed by atoms with Crippen molar-refractivity contribution in [1.29, 1.82) is 10.5 Å². The van der Waals surface area contributed by atoms with Gasteiger partial charge in [0.2, 0.25) is 0 Å². The van der Waals surface area contributed by atoms with Crippen molar-refractivity contribution in [2.45, 2.75) is 38.7 Å². The zero-order chi connectivity index (χ0) is 34.4. The number of rotatable bonds is 3. The molecule has 0 spiro atoms. The summed E-state index contributed by atoms with van der Waals surface area (Å²) in [7, 11) is 0. The Hall–Kier alpha value is -6.30. The highest BCUT2D eigenvalue weighted by Gasteiger charge is 2.35. The minimum atomic E-state index is -0.00753. The number of ether oxygens (including phenoxy) is 1. The molecule has 5 nitrogen and oxygen atoms in total. The molecule has 5 aromatic carbocycles. The predicted molar refractivity (Wildman–Crippen MR) is 204 cm³/mol. The van der Waals surface area contributed by atoms with Gasteiger partial charge in [0.15, 0.2) is 0 Å². The SMILES string of the molecule is CC1Cc2c(n(-c3cc(C#N)ccc3-c3ccc4c(c3)c3ccc5c(c3n4-c3ccccc3)OC3C=CC=CC53)c3ccc(C#N)cc23)CC1C. The molecule has 0 N–H and O–H groups in total. The summed E-state index contributed by atoms with van der Waals surface area (Å²) in [6.07, 6.45) is 10.5. The fraction of sp³-hybridized carbons (Fsp3) is 0.174. The first-order chi connectivity index (χ1) is 25.0. The van der Waals surface area contributed by atoms with E-state index < -0.39 is 0 Å². The Bertz CT molecular complexity index is 2750. The summed E-state index contributed by atoms with van der Waals surface area (Å²) < 4.78 is 11.5. The fourth-order valence-corrected chi connectivity index (χ4v) is 8.86. The molecule has 3 heterocycles. The van der Waals surface area contributed by atoms with Crippen molar-refractivity contribution >= 4 is 32.7 Å². The molecule has 1 aliphatic heterocycles. The number of nitrogens with zero attached hydrogens (tertiary/aromatic N) is 4. The van der Waals surface area contributed by atoms with Crippen molar-refractivity contribution in [2.24, 2.45) is 11.8 Å². The highest BCUT2D eigenvalue weighted by molar-refractivity contribution is 6.13. The van der Waals surface area contributed by atoms with Crippen LogP contribution in [0.25, 0.3) is 55.2 Å². The van der Waals surface area contributed by atoms with Crippen LogP contribution in [0.5, 0.6) is 5.75 Å². The smallest absolute Gasteiger partial charge is 0.148 e. The van der Waals surface area contributed by atoms with Gasteiger partial charge in [-0.1, -0.05) is 74.5 Å². The third-order valence-corrected chi connectivity index (χ3v) is 11.6. The van der Waals surface area contributed by atoms with Gasteiger partial charge in [0.05, 0.1) is 45.5 Å². The first-order valence-corrected chi connectivity index (χ1v) is 17.8. The molecule has 7 aromatic rings. The van der Waals surface area contributed by atoms with E-state index in [1.807, 2.05) is 24.3 Å². The van der Waals surface area contributed by atoms with Gasteiger partial charge in [-0.3, -0.25) is 0 Å². The normalized spacial score (nSPS) is 20.2. The van der Waals surface area contributed by atoms with Crippen molar-refractivity contribution in [1.82, 2.24) is 9.13 Å². The van der Waals surface area contributed by atoms with Crippen molar-refractivity contribution in [3.05, 3.63) is 149 Å². The summed E-state index contributed by atoms with van der Waals surface area (Å²) in [5.41, 5.74) is 12.6. The quantitative estimate of drug-likeness (QED) is 0.190. The topological polar surface area (TPSA) is 66.7 Å². The lowest BCUT2D eigenvalue weighted by Gasteiger charge is -2.28. The Labute approximate surface area is 296 Å². The average Bonchev–Trinajstić information content (AvgIpc) is 3.82. The zero-order valence-corrected chi connectivity index (χ0v) is 28.5. The second-order valence-electron chi connectivity index (χ2n) is 14.5. The minimum Gasteiger partial charge on any atom is -0.483 e. The number of fused-ring (bicyclic) bond motifs is 10. The van der Waals surface area contributed by atoms with E-state index in [2.05, 4.69) is 132 Å². The lowest BCUT2D eigenvalue weighted by molar-refractivity contribution is 0.271. The van der Waals surface area contributed by atoms with Crippen LogP contribution >= 0.6 is 0 Å². The standard InChI is InChI=1S/C46H34N4O/c1-27-20-37-38-22-29(25-47)13-18-41(38)50(42(37)21-28(27)2)43-23-30(26-48)12-15-33(43)31-14-19-40-39(24-31)35-16-17-36-34-10-6-7-11-44(34)51-46(36)45(35)49(40)32-8-4-3-5-9-32/h3-19,22-24,27-28,34,44H,20-21H2,1-2H3. The van der Waals surface area contributed by atoms with Gasteiger partial charge >= 0.3 is 0 Å². The third kappa shape index (κ3) is 4.32. The molecular formula is C46H34N4O. The maximum absolute atomic E-state index is 10.1. The number of para-hydroxylation sites is 1. The van der Waals surface area contributed by atoms with Gasteiger partial charge in [-0.15, -0.1) is 0 Å². The summed E-state index contributed by atoms with van der Waals surface area (Å²) >= 11 is 0.